The van der Waals surface area contributed by atoms with E-state index < -0.39 is 0 Å². The largest absolute Gasteiger partial charge is 0.493 e. The molecule has 3 rings (SSSR count). The number of thiazole rings is 1. The minimum atomic E-state index is -0.259. The highest BCUT2D eigenvalue weighted by molar-refractivity contribution is 7.10. The lowest BCUT2D eigenvalue weighted by Crippen LogP contribution is -2.03. The molecule has 0 aliphatic carbocycles. The van der Waals surface area contributed by atoms with Crippen LogP contribution in [-0.4, -0.2) is 21.7 Å². The zero-order chi connectivity index (χ0) is 19.1. The first-order valence-corrected chi connectivity index (χ1v) is 9.70. The third kappa shape index (κ3) is 5.56. The highest BCUT2D eigenvalue weighted by atomic mass is 32.1. The monoisotopic (exact) mass is 382 g/mol. The van der Waals surface area contributed by atoms with E-state index in [0.29, 0.717) is 17.9 Å². The molecule has 0 fully saturated rings. The molecule has 0 aliphatic rings. The van der Waals surface area contributed by atoms with Crippen LogP contribution in [0.25, 0.3) is 6.08 Å². The highest BCUT2D eigenvalue weighted by Crippen LogP contribution is 2.18. The first kappa shape index (κ1) is 18.9. The Morgan fingerprint density at radius 3 is 2.59 bits per heavy atom. The molecule has 3 aromatic rings. The molecule has 1 aromatic carbocycles. The summed E-state index contributed by atoms with van der Waals surface area (Å²) in [6, 6.07) is 12.1. The van der Waals surface area contributed by atoms with Crippen LogP contribution in [0.4, 0.5) is 0 Å². The molecule has 27 heavy (non-hydrogen) atoms. The van der Waals surface area contributed by atoms with E-state index in [-0.39, 0.29) is 10.8 Å². The summed E-state index contributed by atoms with van der Waals surface area (Å²) in [6.45, 7) is 2.70. The molecular formula is C21H22N2O3S. The SMILES string of the molecule is CCc1ccc(CCOc2ccc(C/C=C/c3sc(=O)[nH]c3O)cc2)nc1. The molecule has 0 bridgehead atoms. The molecule has 2 aromatic heterocycles. The third-order valence-corrected chi connectivity index (χ3v) is 4.96. The van der Waals surface area contributed by atoms with Gasteiger partial charge in [0, 0.05) is 18.3 Å². The minimum Gasteiger partial charge on any atom is -0.493 e. The zero-order valence-electron chi connectivity index (χ0n) is 15.1. The Bertz CT molecular complexity index is 941. The number of allylic oxidation sites excluding steroid dienone is 1. The fourth-order valence-corrected chi connectivity index (χ4v) is 3.21. The summed E-state index contributed by atoms with van der Waals surface area (Å²) in [4.78, 5) is 18.2. The number of nitrogens with zero attached hydrogens (tertiary/aromatic N) is 1. The van der Waals surface area contributed by atoms with Crippen molar-refractivity contribution in [3.8, 4) is 11.6 Å². The predicted molar refractivity (Wildman–Crippen MR) is 109 cm³/mol. The number of aromatic amines is 1. The summed E-state index contributed by atoms with van der Waals surface area (Å²) in [6.07, 6.45) is 8.07. The molecule has 0 saturated heterocycles. The van der Waals surface area contributed by atoms with Gasteiger partial charge in [-0.1, -0.05) is 42.5 Å². The lowest BCUT2D eigenvalue weighted by Gasteiger charge is -2.07. The Morgan fingerprint density at radius 2 is 1.96 bits per heavy atom. The van der Waals surface area contributed by atoms with Gasteiger partial charge in [0.25, 0.3) is 0 Å². The van der Waals surface area contributed by atoms with Crippen molar-refractivity contribution >= 4 is 17.4 Å². The van der Waals surface area contributed by atoms with Gasteiger partial charge in [0.1, 0.15) is 5.75 Å². The van der Waals surface area contributed by atoms with E-state index in [1.165, 1.54) is 5.56 Å². The van der Waals surface area contributed by atoms with E-state index >= 15 is 0 Å². The van der Waals surface area contributed by atoms with Gasteiger partial charge >= 0.3 is 4.87 Å². The van der Waals surface area contributed by atoms with Crippen molar-refractivity contribution in [3.05, 3.63) is 80.0 Å². The van der Waals surface area contributed by atoms with E-state index in [4.69, 9.17) is 4.74 Å². The summed E-state index contributed by atoms with van der Waals surface area (Å²) < 4.78 is 5.79. The fourth-order valence-electron chi connectivity index (χ4n) is 2.55. The van der Waals surface area contributed by atoms with Crippen molar-refractivity contribution in [2.45, 2.75) is 26.2 Å². The van der Waals surface area contributed by atoms with Crippen LogP contribution in [0.1, 0.15) is 28.6 Å². The maximum Gasteiger partial charge on any atom is 0.307 e. The summed E-state index contributed by atoms with van der Waals surface area (Å²) in [7, 11) is 0. The third-order valence-electron chi connectivity index (χ3n) is 4.12. The van der Waals surface area contributed by atoms with E-state index in [0.717, 1.165) is 41.2 Å². The van der Waals surface area contributed by atoms with Gasteiger partial charge in [-0.25, -0.2) is 0 Å². The number of H-pyrrole nitrogens is 1. The molecule has 0 atom stereocenters. The molecule has 6 heteroatoms. The second-order valence-electron chi connectivity index (χ2n) is 6.09. The first-order valence-electron chi connectivity index (χ1n) is 8.88. The van der Waals surface area contributed by atoms with Gasteiger partial charge in [0.2, 0.25) is 5.88 Å². The topological polar surface area (TPSA) is 75.2 Å². The van der Waals surface area contributed by atoms with Gasteiger partial charge in [0.15, 0.2) is 0 Å². The molecule has 0 saturated carbocycles. The summed E-state index contributed by atoms with van der Waals surface area (Å²) in [5, 5.41) is 9.54. The maximum atomic E-state index is 11.1. The Balaban J connectivity index is 1.46. The van der Waals surface area contributed by atoms with Gasteiger partial charge in [-0.2, -0.15) is 0 Å². The summed E-state index contributed by atoms with van der Waals surface area (Å²) in [5.41, 5.74) is 3.40. The van der Waals surface area contributed by atoms with Crippen LogP contribution in [0, 0.1) is 0 Å². The lowest BCUT2D eigenvalue weighted by molar-refractivity contribution is 0.320. The molecule has 0 spiro atoms. The molecule has 0 unspecified atom stereocenters. The van der Waals surface area contributed by atoms with Crippen LogP contribution in [-0.2, 0) is 19.3 Å². The summed E-state index contributed by atoms with van der Waals surface area (Å²) in [5.74, 6) is 0.748. The van der Waals surface area contributed by atoms with Crippen molar-refractivity contribution in [3.63, 3.8) is 0 Å². The second kappa shape index (κ2) is 9.19. The molecule has 2 heterocycles. The Kier molecular flexibility index (Phi) is 6.44. The van der Waals surface area contributed by atoms with Crippen molar-refractivity contribution in [1.29, 1.82) is 0 Å². The van der Waals surface area contributed by atoms with Crippen LogP contribution >= 0.6 is 11.3 Å². The van der Waals surface area contributed by atoms with Crippen LogP contribution in [0.2, 0.25) is 0 Å². The van der Waals surface area contributed by atoms with E-state index in [9.17, 15) is 9.90 Å². The van der Waals surface area contributed by atoms with E-state index in [1.807, 2.05) is 36.5 Å². The number of benzene rings is 1. The molecular weight excluding hydrogens is 360 g/mol. The van der Waals surface area contributed by atoms with Crippen molar-refractivity contribution < 1.29 is 9.84 Å². The van der Waals surface area contributed by atoms with E-state index in [1.54, 1.807) is 6.08 Å². The molecule has 140 valence electrons. The number of aromatic nitrogens is 2. The van der Waals surface area contributed by atoms with E-state index in [2.05, 4.69) is 29.0 Å². The Morgan fingerprint density at radius 1 is 1.19 bits per heavy atom. The molecule has 0 radical (unpaired) electrons. The van der Waals surface area contributed by atoms with Crippen LogP contribution in [0.15, 0.2) is 53.5 Å². The second-order valence-corrected chi connectivity index (χ2v) is 7.10. The molecule has 5 nitrogen and oxygen atoms in total. The predicted octanol–water partition coefficient (Wildman–Crippen LogP) is 3.98. The van der Waals surface area contributed by atoms with Crippen molar-refractivity contribution in [2.24, 2.45) is 0 Å². The standard InChI is InChI=1S/C21H22N2O3S/c1-2-15-6-9-17(22-14-15)12-13-26-18-10-7-16(8-11-18)4-3-5-19-20(24)23-21(25)27-19/h3,5-11,14,24H,2,4,12-13H2,1H3,(H,23,25)/b5-3+. The Hall–Kier alpha value is -2.86. The lowest BCUT2D eigenvalue weighted by atomic mass is 10.1. The number of aryl methyl sites for hydroxylation is 1. The number of ether oxygens (including phenoxy) is 1. The fraction of sp³-hybridized carbons (Fsp3) is 0.238. The van der Waals surface area contributed by atoms with Crippen molar-refractivity contribution in [1.82, 2.24) is 9.97 Å². The van der Waals surface area contributed by atoms with Gasteiger partial charge in [-0.3, -0.25) is 14.8 Å². The average molecular weight is 382 g/mol. The summed E-state index contributed by atoms with van der Waals surface area (Å²) >= 11 is 0.988. The zero-order valence-corrected chi connectivity index (χ0v) is 16.0. The number of aromatic hydroxyl groups is 1. The normalized spacial score (nSPS) is 11.1. The van der Waals surface area contributed by atoms with Gasteiger partial charge in [0.05, 0.1) is 11.5 Å². The van der Waals surface area contributed by atoms with Crippen LogP contribution in [0.3, 0.4) is 0 Å². The quantitative estimate of drug-likeness (QED) is 0.618. The van der Waals surface area contributed by atoms with Gasteiger partial charge < -0.3 is 9.84 Å². The Labute approximate surface area is 162 Å². The number of rotatable bonds is 8. The van der Waals surface area contributed by atoms with Crippen LogP contribution < -0.4 is 9.61 Å². The average Bonchev–Trinajstić information content (AvgIpc) is 3.01. The smallest absolute Gasteiger partial charge is 0.307 e. The number of hydrogen-bond donors (Lipinski definition) is 2. The number of pyridine rings is 1. The number of nitrogens with one attached hydrogen (secondary N) is 1. The van der Waals surface area contributed by atoms with Gasteiger partial charge in [-0.15, -0.1) is 0 Å². The highest BCUT2D eigenvalue weighted by Gasteiger charge is 2.02. The minimum absolute atomic E-state index is 0.0798. The maximum absolute atomic E-state index is 11.1. The van der Waals surface area contributed by atoms with Crippen LogP contribution in [0.5, 0.6) is 11.6 Å². The number of hydrogen-bond acceptors (Lipinski definition) is 5. The molecule has 0 aliphatic heterocycles. The first-order chi connectivity index (χ1) is 13.1. The van der Waals surface area contributed by atoms with Gasteiger partial charge in [-0.05, 0) is 48.2 Å². The molecule has 2 N–H and O–H groups in total. The molecule has 0 amide bonds. The van der Waals surface area contributed by atoms with Crippen molar-refractivity contribution in [2.75, 3.05) is 6.61 Å².